The molecule has 1 aromatic rings. The summed E-state index contributed by atoms with van der Waals surface area (Å²) in [5.74, 6) is -0.174. The number of hydrogen-bond acceptors (Lipinski definition) is 2. The van der Waals surface area contributed by atoms with Gasteiger partial charge in [0.1, 0.15) is 5.82 Å². The molecule has 0 radical (unpaired) electrons. The molecule has 1 fully saturated rings. The van der Waals surface area contributed by atoms with Crippen molar-refractivity contribution in [2.45, 2.75) is 25.8 Å². The van der Waals surface area contributed by atoms with Crippen molar-refractivity contribution in [1.29, 1.82) is 0 Å². The predicted octanol–water partition coefficient (Wildman–Crippen LogP) is 2.83. The second-order valence-electron chi connectivity index (χ2n) is 4.11. The summed E-state index contributed by atoms with van der Waals surface area (Å²) in [6.07, 6.45) is 2.12. The van der Waals surface area contributed by atoms with Gasteiger partial charge in [0.25, 0.3) is 0 Å². The molecule has 2 rings (SSSR count). The van der Waals surface area contributed by atoms with Gasteiger partial charge in [-0.2, -0.15) is 0 Å². The highest BCUT2D eigenvalue weighted by molar-refractivity contribution is 5.47. The summed E-state index contributed by atoms with van der Waals surface area (Å²) < 4.78 is 18.2. The van der Waals surface area contributed by atoms with E-state index in [9.17, 15) is 4.39 Å². The van der Waals surface area contributed by atoms with Crippen LogP contribution in [0.4, 0.5) is 10.1 Å². The van der Waals surface area contributed by atoms with Crippen LogP contribution in [0.2, 0.25) is 0 Å². The quantitative estimate of drug-likeness (QED) is 0.781. The summed E-state index contributed by atoms with van der Waals surface area (Å²) in [4.78, 5) is 2.34. The highest BCUT2D eigenvalue weighted by Crippen LogP contribution is 2.22. The molecular formula is C13H18FNO. The SMILES string of the molecule is CCN(c1ccc(F)cc1)C1CCOCC1. The number of ether oxygens (including phenoxy) is 1. The molecule has 2 nitrogen and oxygen atoms in total. The van der Waals surface area contributed by atoms with Crippen LogP contribution in [-0.4, -0.2) is 25.8 Å². The molecule has 1 aromatic carbocycles. The van der Waals surface area contributed by atoms with Crippen molar-refractivity contribution < 1.29 is 9.13 Å². The summed E-state index contributed by atoms with van der Waals surface area (Å²) in [5.41, 5.74) is 1.11. The normalized spacial score (nSPS) is 17.4. The lowest BCUT2D eigenvalue weighted by molar-refractivity contribution is 0.0846. The first-order valence-corrected chi connectivity index (χ1v) is 5.91. The van der Waals surface area contributed by atoms with E-state index in [0.717, 1.165) is 38.3 Å². The third kappa shape index (κ3) is 2.53. The number of halogens is 1. The summed E-state index contributed by atoms with van der Waals surface area (Å²) in [6.45, 7) is 4.76. The molecule has 1 aliphatic rings. The fraction of sp³-hybridized carbons (Fsp3) is 0.538. The lowest BCUT2D eigenvalue weighted by atomic mass is 10.1. The van der Waals surface area contributed by atoms with Gasteiger partial charge in [-0.3, -0.25) is 0 Å². The van der Waals surface area contributed by atoms with Gasteiger partial charge in [0.15, 0.2) is 0 Å². The van der Waals surface area contributed by atoms with E-state index >= 15 is 0 Å². The Morgan fingerprint density at radius 1 is 1.25 bits per heavy atom. The summed E-state index contributed by atoms with van der Waals surface area (Å²) in [7, 11) is 0. The van der Waals surface area contributed by atoms with Crippen LogP contribution in [-0.2, 0) is 4.74 Å². The Hall–Kier alpha value is -1.09. The second kappa shape index (κ2) is 5.30. The fourth-order valence-electron chi connectivity index (χ4n) is 2.28. The van der Waals surface area contributed by atoms with E-state index in [0.29, 0.717) is 6.04 Å². The van der Waals surface area contributed by atoms with Crippen molar-refractivity contribution in [3.05, 3.63) is 30.1 Å². The van der Waals surface area contributed by atoms with E-state index in [4.69, 9.17) is 4.74 Å². The first-order chi connectivity index (χ1) is 7.81. The van der Waals surface area contributed by atoms with Crippen LogP contribution in [0.15, 0.2) is 24.3 Å². The van der Waals surface area contributed by atoms with Gasteiger partial charge in [0.2, 0.25) is 0 Å². The van der Waals surface area contributed by atoms with Gasteiger partial charge in [-0.1, -0.05) is 0 Å². The molecule has 0 N–H and O–H groups in total. The van der Waals surface area contributed by atoms with Gasteiger partial charge >= 0.3 is 0 Å². The minimum atomic E-state index is -0.174. The van der Waals surface area contributed by atoms with Gasteiger partial charge in [-0.05, 0) is 44.0 Å². The molecular weight excluding hydrogens is 205 g/mol. The van der Waals surface area contributed by atoms with Crippen molar-refractivity contribution >= 4 is 5.69 Å². The third-order valence-corrected chi connectivity index (χ3v) is 3.13. The average Bonchev–Trinajstić information content (AvgIpc) is 2.34. The summed E-state index contributed by atoms with van der Waals surface area (Å²) in [5, 5.41) is 0. The number of rotatable bonds is 3. The minimum absolute atomic E-state index is 0.174. The first-order valence-electron chi connectivity index (χ1n) is 5.91. The third-order valence-electron chi connectivity index (χ3n) is 3.13. The van der Waals surface area contributed by atoms with E-state index in [1.54, 1.807) is 0 Å². The van der Waals surface area contributed by atoms with Crippen LogP contribution in [0.25, 0.3) is 0 Å². The van der Waals surface area contributed by atoms with Crippen LogP contribution in [0.3, 0.4) is 0 Å². The molecule has 0 spiro atoms. The fourth-order valence-corrected chi connectivity index (χ4v) is 2.28. The van der Waals surface area contributed by atoms with Crippen LogP contribution < -0.4 is 4.90 Å². The Morgan fingerprint density at radius 2 is 1.88 bits per heavy atom. The van der Waals surface area contributed by atoms with Gasteiger partial charge in [-0.25, -0.2) is 4.39 Å². The Morgan fingerprint density at radius 3 is 2.44 bits per heavy atom. The zero-order valence-corrected chi connectivity index (χ0v) is 9.66. The maximum absolute atomic E-state index is 12.9. The van der Waals surface area contributed by atoms with Crippen molar-refractivity contribution in [1.82, 2.24) is 0 Å². The molecule has 0 saturated carbocycles. The van der Waals surface area contributed by atoms with Crippen molar-refractivity contribution in [2.24, 2.45) is 0 Å². The van der Waals surface area contributed by atoms with Crippen molar-refractivity contribution in [2.75, 3.05) is 24.7 Å². The maximum Gasteiger partial charge on any atom is 0.123 e. The van der Waals surface area contributed by atoms with E-state index in [2.05, 4.69) is 11.8 Å². The van der Waals surface area contributed by atoms with Crippen molar-refractivity contribution in [3.8, 4) is 0 Å². The monoisotopic (exact) mass is 223 g/mol. The molecule has 0 aromatic heterocycles. The molecule has 3 heteroatoms. The predicted molar refractivity (Wildman–Crippen MR) is 63.3 cm³/mol. The average molecular weight is 223 g/mol. The Kier molecular flexibility index (Phi) is 3.78. The van der Waals surface area contributed by atoms with Crippen LogP contribution >= 0.6 is 0 Å². The largest absolute Gasteiger partial charge is 0.381 e. The standard InChI is InChI=1S/C13H18FNO/c1-2-15(13-7-9-16-10-8-13)12-5-3-11(14)4-6-12/h3-6,13H,2,7-10H2,1H3. The van der Waals surface area contributed by atoms with Gasteiger partial charge in [0, 0.05) is 31.5 Å². The summed E-state index contributed by atoms with van der Waals surface area (Å²) in [6, 6.07) is 7.29. The molecule has 0 aliphatic carbocycles. The molecule has 0 atom stereocenters. The molecule has 0 bridgehead atoms. The molecule has 0 unspecified atom stereocenters. The molecule has 16 heavy (non-hydrogen) atoms. The van der Waals surface area contributed by atoms with E-state index in [1.807, 2.05) is 12.1 Å². The number of nitrogens with zero attached hydrogens (tertiary/aromatic N) is 1. The zero-order chi connectivity index (χ0) is 11.4. The van der Waals surface area contributed by atoms with Gasteiger partial charge in [0.05, 0.1) is 0 Å². The first kappa shape index (κ1) is 11.4. The Balaban J connectivity index is 2.11. The number of anilines is 1. The lowest BCUT2D eigenvalue weighted by Crippen LogP contribution is -2.39. The van der Waals surface area contributed by atoms with Gasteiger partial charge in [-0.15, -0.1) is 0 Å². The molecule has 0 amide bonds. The van der Waals surface area contributed by atoms with E-state index in [-0.39, 0.29) is 5.82 Å². The molecule has 1 aliphatic heterocycles. The number of hydrogen-bond donors (Lipinski definition) is 0. The van der Waals surface area contributed by atoms with Crippen molar-refractivity contribution in [3.63, 3.8) is 0 Å². The van der Waals surface area contributed by atoms with E-state index in [1.165, 1.54) is 12.1 Å². The smallest absolute Gasteiger partial charge is 0.123 e. The Labute approximate surface area is 96.0 Å². The topological polar surface area (TPSA) is 12.5 Å². The lowest BCUT2D eigenvalue weighted by Gasteiger charge is -2.35. The van der Waals surface area contributed by atoms with E-state index < -0.39 is 0 Å². The zero-order valence-electron chi connectivity index (χ0n) is 9.66. The Bertz CT molecular complexity index is 319. The second-order valence-corrected chi connectivity index (χ2v) is 4.11. The van der Waals surface area contributed by atoms with Crippen LogP contribution in [0.5, 0.6) is 0 Å². The molecule has 1 saturated heterocycles. The maximum atomic E-state index is 12.9. The number of benzene rings is 1. The van der Waals surface area contributed by atoms with Crippen LogP contribution in [0, 0.1) is 5.82 Å². The van der Waals surface area contributed by atoms with Gasteiger partial charge < -0.3 is 9.64 Å². The summed E-state index contributed by atoms with van der Waals surface area (Å²) >= 11 is 0. The molecule has 1 heterocycles. The minimum Gasteiger partial charge on any atom is -0.381 e. The highest BCUT2D eigenvalue weighted by atomic mass is 19.1. The molecule has 88 valence electrons. The van der Waals surface area contributed by atoms with Crippen LogP contribution in [0.1, 0.15) is 19.8 Å². The highest BCUT2D eigenvalue weighted by Gasteiger charge is 2.20.